The number of nitrogens with zero attached hydrogens (tertiary/aromatic N) is 1. The molecule has 0 aliphatic carbocycles. The van der Waals surface area contributed by atoms with E-state index in [1.807, 2.05) is 0 Å². The molecular formula is C21H26N2O6S. The van der Waals surface area contributed by atoms with E-state index in [1.54, 1.807) is 24.3 Å². The number of nitrogens with one attached hydrogen (secondary N) is 1. The first-order valence-electron chi connectivity index (χ1n) is 9.62. The van der Waals surface area contributed by atoms with Gasteiger partial charge in [0.2, 0.25) is 10.0 Å². The zero-order valence-corrected chi connectivity index (χ0v) is 18.1. The van der Waals surface area contributed by atoms with Crippen LogP contribution in [0.15, 0.2) is 41.3 Å². The van der Waals surface area contributed by atoms with Crippen LogP contribution in [0, 0.1) is 0 Å². The molecule has 9 heteroatoms. The van der Waals surface area contributed by atoms with E-state index in [9.17, 15) is 13.2 Å². The van der Waals surface area contributed by atoms with Gasteiger partial charge in [-0.15, -0.1) is 0 Å². The van der Waals surface area contributed by atoms with E-state index in [1.165, 1.54) is 37.8 Å². The number of carbonyl (C=O) groups excluding carboxylic acids is 1. The third-order valence-corrected chi connectivity index (χ3v) is 6.93. The van der Waals surface area contributed by atoms with E-state index < -0.39 is 15.9 Å². The lowest BCUT2D eigenvalue weighted by Crippen LogP contribution is -2.35. The van der Waals surface area contributed by atoms with Gasteiger partial charge in [0.05, 0.1) is 26.9 Å². The summed E-state index contributed by atoms with van der Waals surface area (Å²) in [5.41, 5.74) is 0.642. The fraction of sp³-hybridized carbons (Fsp3) is 0.381. The number of carbonyl (C=O) groups is 1. The van der Waals surface area contributed by atoms with Crippen molar-refractivity contribution in [1.29, 1.82) is 0 Å². The van der Waals surface area contributed by atoms with Crippen molar-refractivity contribution in [3.05, 3.63) is 42.0 Å². The molecule has 1 saturated heterocycles. The molecule has 30 heavy (non-hydrogen) atoms. The van der Waals surface area contributed by atoms with E-state index in [2.05, 4.69) is 5.32 Å². The van der Waals surface area contributed by atoms with E-state index >= 15 is 0 Å². The Bertz CT molecular complexity index is 1020. The maximum absolute atomic E-state index is 13.1. The van der Waals surface area contributed by atoms with Gasteiger partial charge in [0.1, 0.15) is 22.1 Å². The highest BCUT2D eigenvalue weighted by Gasteiger charge is 2.29. The van der Waals surface area contributed by atoms with Crippen LogP contribution in [-0.4, -0.2) is 53.0 Å². The third-order valence-electron chi connectivity index (χ3n) is 5.01. The molecule has 1 fully saturated rings. The number of hydrogen-bond donors (Lipinski definition) is 1. The molecule has 1 N–H and O–H groups in total. The number of anilines is 1. The summed E-state index contributed by atoms with van der Waals surface area (Å²) in [6.45, 7) is 0.955. The molecule has 8 nitrogen and oxygen atoms in total. The highest BCUT2D eigenvalue weighted by atomic mass is 32.2. The summed E-state index contributed by atoms with van der Waals surface area (Å²) in [6.07, 6.45) is 2.67. The summed E-state index contributed by atoms with van der Waals surface area (Å²) in [7, 11) is 0.672. The Morgan fingerprint density at radius 2 is 1.60 bits per heavy atom. The predicted octanol–water partition coefficient (Wildman–Crippen LogP) is 3.14. The third kappa shape index (κ3) is 4.52. The summed E-state index contributed by atoms with van der Waals surface area (Å²) in [4.78, 5) is 12.8. The van der Waals surface area contributed by atoms with Gasteiger partial charge in [-0.1, -0.05) is 6.42 Å². The summed E-state index contributed by atoms with van der Waals surface area (Å²) in [6, 6.07) is 9.41. The number of benzene rings is 2. The molecule has 1 aliphatic heterocycles. The fourth-order valence-corrected chi connectivity index (χ4v) is 5.08. The largest absolute Gasteiger partial charge is 0.497 e. The minimum Gasteiger partial charge on any atom is -0.497 e. The summed E-state index contributed by atoms with van der Waals surface area (Å²) in [5.74, 6) is 0.714. The summed E-state index contributed by atoms with van der Waals surface area (Å²) in [5, 5.41) is 2.74. The number of piperidine rings is 1. The lowest BCUT2D eigenvalue weighted by Gasteiger charge is -2.26. The Labute approximate surface area is 176 Å². The van der Waals surface area contributed by atoms with Crippen molar-refractivity contribution in [2.75, 3.05) is 39.7 Å². The van der Waals surface area contributed by atoms with Gasteiger partial charge in [-0.3, -0.25) is 4.79 Å². The van der Waals surface area contributed by atoms with Crippen molar-refractivity contribution in [3.8, 4) is 17.2 Å². The average molecular weight is 435 g/mol. The molecule has 0 saturated carbocycles. The van der Waals surface area contributed by atoms with Crippen LogP contribution in [0.25, 0.3) is 0 Å². The van der Waals surface area contributed by atoms with E-state index in [0.717, 1.165) is 19.3 Å². The molecule has 0 spiro atoms. The molecule has 2 aromatic carbocycles. The molecule has 162 valence electrons. The first kappa shape index (κ1) is 21.9. The maximum atomic E-state index is 13.1. The van der Waals surface area contributed by atoms with Crippen LogP contribution in [0.1, 0.15) is 29.6 Å². The monoisotopic (exact) mass is 434 g/mol. The van der Waals surface area contributed by atoms with Crippen molar-refractivity contribution in [2.24, 2.45) is 0 Å². The second-order valence-electron chi connectivity index (χ2n) is 6.85. The van der Waals surface area contributed by atoms with Crippen molar-refractivity contribution in [3.63, 3.8) is 0 Å². The van der Waals surface area contributed by atoms with Crippen LogP contribution < -0.4 is 19.5 Å². The normalized spacial score (nSPS) is 14.8. The zero-order valence-electron chi connectivity index (χ0n) is 17.3. The molecule has 0 unspecified atom stereocenters. The highest BCUT2D eigenvalue weighted by molar-refractivity contribution is 7.89. The van der Waals surface area contributed by atoms with Crippen LogP contribution in [0.2, 0.25) is 0 Å². The minimum atomic E-state index is -3.73. The van der Waals surface area contributed by atoms with Gasteiger partial charge < -0.3 is 19.5 Å². The van der Waals surface area contributed by atoms with Gasteiger partial charge in [-0.2, -0.15) is 4.31 Å². The number of sulfonamides is 1. The molecule has 2 aromatic rings. The predicted molar refractivity (Wildman–Crippen MR) is 113 cm³/mol. The molecule has 1 amide bonds. The van der Waals surface area contributed by atoms with E-state index in [0.29, 0.717) is 35.8 Å². The second-order valence-corrected chi connectivity index (χ2v) is 8.76. The second kappa shape index (κ2) is 9.36. The first-order valence-corrected chi connectivity index (χ1v) is 11.1. The van der Waals surface area contributed by atoms with Crippen LogP contribution >= 0.6 is 0 Å². The quantitative estimate of drug-likeness (QED) is 0.720. The van der Waals surface area contributed by atoms with E-state index in [4.69, 9.17) is 14.2 Å². The van der Waals surface area contributed by atoms with Gasteiger partial charge in [-0.25, -0.2) is 8.42 Å². The molecule has 0 atom stereocenters. The van der Waals surface area contributed by atoms with E-state index in [-0.39, 0.29) is 10.6 Å². The lowest BCUT2D eigenvalue weighted by molar-refractivity contribution is 0.102. The molecule has 0 bridgehead atoms. The Morgan fingerprint density at radius 1 is 0.900 bits per heavy atom. The fourth-order valence-electron chi connectivity index (χ4n) is 3.38. The number of ether oxygens (including phenoxy) is 3. The van der Waals surface area contributed by atoms with Crippen LogP contribution in [0.5, 0.6) is 17.2 Å². The smallest absolute Gasteiger partial charge is 0.259 e. The molecule has 0 aromatic heterocycles. The zero-order chi connectivity index (χ0) is 21.7. The maximum Gasteiger partial charge on any atom is 0.259 e. The topological polar surface area (TPSA) is 94.2 Å². The number of hydrogen-bond acceptors (Lipinski definition) is 6. The van der Waals surface area contributed by atoms with Crippen LogP contribution in [0.3, 0.4) is 0 Å². The average Bonchev–Trinajstić information content (AvgIpc) is 2.79. The van der Waals surface area contributed by atoms with Crippen molar-refractivity contribution >= 4 is 21.6 Å². The first-order chi connectivity index (χ1) is 14.4. The summed E-state index contributed by atoms with van der Waals surface area (Å²) < 4.78 is 43.5. The van der Waals surface area contributed by atoms with Crippen molar-refractivity contribution < 1.29 is 27.4 Å². The van der Waals surface area contributed by atoms with Gasteiger partial charge in [0.15, 0.2) is 0 Å². The highest BCUT2D eigenvalue weighted by Crippen LogP contribution is 2.32. The SMILES string of the molecule is COc1ccc(C(=O)Nc2ccc(OC)c(S(=O)(=O)N3CCCCC3)c2)c(OC)c1. The Balaban J connectivity index is 1.91. The minimum absolute atomic E-state index is 0.0337. The molecule has 1 heterocycles. The molecule has 0 radical (unpaired) electrons. The van der Waals surface area contributed by atoms with Crippen molar-refractivity contribution in [1.82, 2.24) is 4.31 Å². The van der Waals surface area contributed by atoms with Gasteiger partial charge in [0, 0.05) is 24.8 Å². The molecule has 1 aliphatic rings. The standard InChI is InChI=1S/C21H26N2O6S/c1-27-16-8-9-17(19(14-16)29-3)21(24)22-15-7-10-18(28-2)20(13-15)30(25,26)23-11-5-4-6-12-23/h7-10,13-14H,4-6,11-12H2,1-3H3,(H,22,24). The van der Waals surface area contributed by atoms with Crippen LogP contribution in [0.4, 0.5) is 5.69 Å². The lowest BCUT2D eigenvalue weighted by atomic mass is 10.1. The molecular weight excluding hydrogens is 408 g/mol. The number of methoxy groups -OCH3 is 3. The van der Waals surface area contributed by atoms with Crippen molar-refractivity contribution in [2.45, 2.75) is 24.2 Å². The van der Waals surface area contributed by atoms with Gasteiger partial charge >= 0.3 is 0 Å². The molecule has 3 rings (SSSR count). The summed E-state index contributed by atoms with van der Waals surface area (Å²) >= 11 is 0. The Kier molecular flexibility index (Phi) is 6.84. The number of amides is 1. The van der Waals surface area contributed by atoms with Gasteiger partial charge in [-0.05, 0) is 43.2 Å². The van der Waals surface area contributed by atoms with Gasteiger partial charge in [0.25, 0.3) is 5.91 Å². The Hall–Kier alpha value is -2.78. The van der Waals surface area contributed by atoms with Crippen LogP contribution in [-0.2, 0) is 10.0 Å². The number of rotatable bonds is 7. The Morgan fingerprint density at radius 3 is 2.23 bits per heavy atom.